The van der Waals surface area contributed by atoms with E-state index >= 15 is 0 Å². The minimum atomic E-state index is -0.174. The van der Waals surface area contributed by atoms with E-state index in [4.69, 9.17) is 4.74 Å². The fourth-order valence-electron chi connectivity index (χ4n) is 2.04. The van der Waals surface area contributed by atoms with Gasteiger partial charge in [-0.05, 0) is 37.6 Å². The van der Waals surface area contributed by atoms with Crippen molar-refractivity contribution >= 4 is 23.2 Å². The lowest BCUT2D eigenvalue weighted by Gasteiger charge is -2.16. The maximum absolute atomic E-state index is 11.6. The van der Waals surface area contributed by atoms with Gasteiger partial charge in [0.25, 0.3) is 0 Å². The van der Waals surface area contributed by atoms with Gasteiger partial charge in [-0.25, -0.2) is 0 Å². The quantitative estimate of drug-likeness (QED) is 0.880. The van der Waals surface area contributed by atoms with Crippen LogP contribution in [0.5, 0.6) is 0 Å². The highest BCUT2D eigenvalue weighted by Gasteiger charge is 2.21. The fourth-order valence-corrected chi connectivity index (χ4v) is 2.04. The van der Waals surface area contributed by atoms with Crippen LogP contribution in [-0.2, 0) is 14.3 Å². The van der Waals surface area contributed by atoms with Gasteiger partial charge in [0.2, 0.25) is 11.8 Å². The summed E-state index contributed by atoms with van der Waals surface area (Å²) in [7, 11) is 0. The number of amides is 2. The van der Waals surface area contributed by atoms with Gasteiger partial charge in [0, 0.05) is 30.9 Å². The van der Waals surface area contributed by atoms with Gasteiger partial charge in [-0.3, -0.25) is 9.59 Å². The van der Waals surface area contributed by atoms with Crippen molar-refractivity contribution in [3.05, 3.63) is 24.3 Å². The molecular formula is C14H18N2O3. The number of carbonyl (C=O) groups excluding carboxylic acids is 2. The summed E-state index contributed by atoms with van der Waals surface area (Å²) in [4.78, 5) is 24.8. The second-order valence-corrected chi connectivity index (χ2v) is 4.38. The lowest BCUT2D eigenvalue weighted by Crippen LogP contribution is -2.23. The van der Waals surface area contributed by atoms with Crippen molar-refractivity contribution in [1.29, 1.82) is 0 Å². The van der Waals surface area contributed by atoms with Gasteiger partial charge >= 0.3 is 0 Å². The van der Waals surface area contributed by atoms with Crippen molar-refractivity contribution in [3.8, 4) is 0 Å². The molecule has 0 unspecified atom stereocenters. The van der Waals surface area contributed by atoms with Crippen LogP contribution >= 0.6 is 0 Å². The van der Waals surface area contributed by atoms with Crippen LogP contribution in [0.1, 0.15) is 19.8 Å². The molecule has 0 saturated carbocycles. The molecule has 0 aromatic heterocycles. The van der Waals surface area contributed by atoms with E-state index in [1.165, 1.54) is 0 Å². The zero-order valence-electron chi connectivity index (χ0n) is 11.0. The summed E-state index contributed by atoms with van der Waals surface area (Å²) in [6, 6.07) is 7.29. The van der Waals surface area contributed by atoms with Gasteiger partial charge < -0.3 is 15.0 Å². The largest absolute Gasteiger partial charge is 0.372 e. The van der Waals surface area contributed by atoms with Crippen LogP contribution < -0.4 is 10.2 Å². The molecule has 19 heavy (non-hydrogen) atoms. The number of benzene rings is 1. The molecule has 2 amide bonds. The summed E-state index contributed by atoms with van der Waals surface area (Å²) in [5, 5.41) is 2.74. The SMILES string of the molecule is CCOCC(=O)Nc1ccc(N2CCCC2=O)cc1. The van der Waals surface area contributed by atoms with Crippen molar-refractivity contribution in [2.45, 2.75) is 19.8 Å². The molecule has 1 fully saturated rings. The Balaban J connectivity index is 1.94. The van der Waals surface area contributed by atoms with Gasteiger partial charge in [-0.2, -0.15) is 0 Å². The van der Waals surface area contributed by atoms with E-state index in [2.05, 4.69) is 5.32 Å². The summed E-state index contributed by atoms with van der Waals surface area (Å²) in [6.45, 7) is 3.19. The third-order valence-corrected chi connectivity index (χ3v) is 2.97. The molecule has 0 atom stereocenters. The minimum Gasteiger partial charge on any atom is -0.372 e. The summed E-state index contributed by atoms with van der Waals surface area (Å²) in [5.74, 6) is -0.0139. The minimum absolute atomic E-state index is 0.0584. The Morgan fingerprint density at radius 1 is 1.37 bits per heavy atom. The third-order valence-electron chi connectivity index (χ3n) is 2.97. The average Bonchev–Trinajstić information content (AvgIpc) is 2.83. The normalized spacial score (nSPS) is 14.8. The Labute approximate surface area is 112 Å². The Morgan fingerprint density at radius 3 is 2.68 bits per heavy atom. The molecule has 1 aromatic rings. The van der Waals surface area contributed by atoms with E-state index in [9.17, 15) is 9.59 Å². The Bertz CT molecular complexity index is 456. The zero-order chi connectivity index (χ0) is 13.7. The number of rotatable bonds is 5. The van der Waals surface area contributed by atoms with Gasteiger partial charge in [-0.15, -0.1) is 0 Å². The summed E-state index contributed by atoms with van der Waals surface area (Å²) < 4.78 is 5.02. The van der Waals surface area contributed by atoms with Crippen molar-refractivity contribution < 1.29 is 14.3 Å². The molecule has 1 heterocycles. The van der Waals surface area contributed by atoms with E-state index in [0.29, 0.717) is 18.7 Å². The number of nitrogens with zero attached hydrogens (tertiary/aromatic N) is 1. The van der Waals surface area contributed by atoms with Crippen LogP contribution in [0.4, 0.5) is 11.4 Å². The Kier molecular flexibility index (Phi) is 4.52. The number of nitrogens with one attached hydrogen (secondary N) is 1. The standard InChI is InChI=1S/C14H18N2O3/c1-2-19-10-13(17)15-11-5-7-12(8-6-11)16-9-3-4-14(16)18/h5-8H,2-4,9-10H2,1H3,(H,15,17). The van der Waals surface area contributed by atoms with Crippen LogP contribution in [0, 0.1) is 0 Å². The molecule has 1 aliphatic rings. The van der Waals surface area contributed by atoms with Crippen molar-refractivity contribution in [2.24, 2.45) is 0 Å². The number of hydrogen-bond donors (Lipinski definition) is 1. The summed E-state index contributed by atoms with van der Waals surface area (Å²) in [6.07, 6.45) is 1.53. The Morgan fingerprint density at radius 2 is 2.11 bits per heavy atom. The predicted molar refractivity (Wildman–Crippen MR) is 73.2 cm³/mol. The third kappa shape index (κ3) is 3.54. The zero-order valence-corrected chi connectivity index (χ0v) is 11.0. The van der Waals surface area contributed by atoms with Crippen LogP contribution in [0.15, 0.2) is 24.3 Å². The van der Waals surface area contributed by atoms with Crippen molar-refractivity contribution in [2.75, 3.05) is 30.0 Å². The van der Waals surface area contributed by atoms with Gasteiger partial charge in [0.05, 0.1) is 0 Å². The second-order valence-electron chi connectivity index (χ2n) is 4.38. The van der Waals surface area contributed by atoms with Crippen LogP contribution in [0.2, 0.25) is 0 Å². The molecule has 2 rings (SSSR count). The van der Waals surface area contributed by atoms with Crippen molar-refractivity contribution in [3.63, 3.8) is 0 Å². The molecular weight excluding hydrogens is 244 g/mol. The number of hydrogen-bond acceptors (Lipinski definition) is 3. The highest BCUT2D eigenvalue weighted by molar-refractivity contribution is 5.96. The first kappa shape index (κ1) is 13.5. The maximum atomic E-state index is 11.6. The van der Waals surface area contributed by atoms with Crippen molar-refractivity contribution in [1.82, 2.24) is 0 Å². The second kappa shape index (κ2) is 6.33. The molecule has 1 N–H and O–H groups in total. The predicted octanol–water partition coefficient (Wildman–Crippen LogP) is 1.79. The van der Waals surface area contributed by atoms with Gasteiger partial charge in [-0.1, -0.05) is 0 Å². The van der Waals surface area contributed by atoms with Crippen LogP contribution in [0.3, 0.4) is 0 Å². The molecule has 102 valence electrons. The van der Waals surface area contributed by atoms with Crippen LogP contribution in [0.25, 0.3) is 0 Å². The molecule has 0 aliphatic carbocycles. The summed E-state index contributed by atoms with van der Waals surface area (Å²) in [5.41, 5.74) is 1.59. The van der Waals surface area contributed by atoms with E-state index in [1.807, 2.05) is 19.1 Å². The molecule has 1 aromatic carbocycles. The highest BCUT2D eigenvalue weighted by atomic mass is 16.5. The molecule has 1 aliphatic heterocycles. The Hall–Kier alpha value is -1.88. The molecule has 0 bridgehead atoms. The number of carbonyl (C=O) groups is 2. The number of anilines is 2. The first-order valence-corrected chi connectivity index (χ1v) is 6.48. The molecule has 5 nitrogen and oxygen atoms in total. The van der Waals surface area contributed by atoms with E-state index in [-0.39, 0.29) is 18.4 Å². The van der Waals surface area contributed by atoms with Crippen LogP contribution in [-0.4, -0.2) is 31.6 Å². The smallest absolute Gasteiger partial charge is 0.250 e. The lowest BCUT2D eigenvalue weighted by molar-refractivity contribution is -0.120. The highest BCUT2D eigenvalue weighted by Crippen LogP contribution is 2.22. The monoisotopic (exact) mass is 262 g/mol. The van der Waals surface area contributed by atoms with E-state index in [1.54, 1.807) is 17.0 Å². The molecule has 0 radical (unpaired) electrons. The van der Waals surface area contributed by atoms with E-state index in [0.717, 1.165) is 18.7 Å². The first-order valence-electron chi connectivity index (χ1n) is 6.48. The average molecular weight is 262 g/mol. The van der Waals surface area contributed by atoms with Gasteiger partial charge in [0.15, 0.2) is 0 Å². The lowest BCUT2D eigenvalue weighted by atomic mass is 10.2. The molecule has 0 spiro atoms. The number of ether oxygens (including phenoxy) is 1. The van der Waals surface area contributed by atoms with E-state index < -0.39 is 0 Å². The summed E-state index contributed by atoms with van der Waals surface area (Å²) >= 11 is 0. The molecule has 1 saturated heterocycles. The molecule has 5 heteroatoms. The maximum Gasteiger partial charge on any atom is 0.250 e. The first-order chi connectivity index (χ1) is 9.20. The van der Waals surface area contributed by atoms with Gasteiger partial charge in [0.1, 0.15) is 6.61 Å². The topological polar surface area (TPSA) is 58.6 Å². The fraction of sp³-hybridized carbons (Fsp3) is 0.429.